The summed E-state index contributed by atoms with van der Waals surface area (Å²) in [5, 5.41) is 11.2. The fourth-order valence-electron chi connectivity index (χ4n) is 5.81. The average molecular weight is 642 g/mol. The first-order chi connectivity index (χ1) is 20.9. The van der Waals surface area contributed by atoms with E-state index in [1.165, 1.54) is 4.57 Å². The Labute approximate surface area is 253 Å². The quantitative estimate of drug-likeness (QED) is 0.415. The van der Waals surface area contributed by atoms with E-state index in [1.54, 1.807) is 11.9 Å². The number of halogens is 4. The molecule has 3 aliphatic heterocycles. The SMILES string of the molecule is Cn1c(=O)n(CC(=O)N2CCOCC2)c(=O)c2c1nc(N1CCC3CNCC31)n2Cc1ccccc1Cl.O=C(O)C(F)(F)F. The van der Waals surface area contributed by atoms with Crippen LogP contribution in [0, 0.1) is 5.92 Å². The van der Waals surface area contributed by atoms with Gasteiger partial charge in [0.1, 0.15) is 6.54 Å². The number of aromatic nitrogens is 4. The number of carbonyl (C=O) groups is 2. The lowest BCUT2D eigenvalue weighted by Gasteiger charge is -2.27. The predicted octanol–water partition coefficient (Wildman–Crippen LogP) is 0.889. The summed E-state index contributed by atoms with van der Waals surface area (Å²) in [6, 6.07) is 7.77. The molecule has 2 N–H and O–H groups in total. The highest BCUT2D eigenvalue weighted by molar-refractivity contribution is 6.31. The lowest BCUT2D eigenvalue weighted by atomic mass is 10.1. The minimum absolute atomic E-state index is 0.268. The molecule has 0 saturated carbocycles. The van der Waals surface area contributed by atoms with Crippen LogP contribution in [-0.2, 0) is 34.5 Å². The van der Waals surface area contributed by atoms with Crippen molar-refractivity contribution in [3.05, 3.63) is 55.7 Å². The van der Waals surface area contributed by atoms with Crippen LogP contribution in [0.4, 0.5) is 19.1 Å². The number of amides is 1. The number of aryl methyl sites for hydroxylation is 1. The summed E-state index contributed by atoms with van der Waals surface area (Å²) in [6.07, 6.45) is -4.05. The zero-order chi connectivity index (χ0) is 31.8. The number of carboxylic acids is 1. The van der Waals surface area contributed by atoms with E-state index in [-0.39, 0.29) is 18.5 Å². The van der Waals surface area contributed by atoms with Crippen LogP contribution in [0.25, 0.3) is 11.2 Å². The van der Waals surface area contributed by atoms with Gasteiger partial charge in [0.05, 0.1) is 19.8 Å². The number of imidazole rings is 1. The molecule has 6 rings (SSSR count). The van der Waals surface area contributed by atoms with Crippen molar-refractivity contribution in [3.63, 3.8) is 0 Å². The standard InChI is InChI=1S/C25H30ClN7O4.C2HF3O2/c1-29-22-21(23(35)33(25(29)36)15-20(34)30-8-10-37-11-9-30)32(14-17-4-2-3-5-18(17)26)24(28-22)31-7-6-16-12-27-13-19(16)31;3-2(4,5)1(6)7/h2-5,16,19,27H,6-15H2,1H3;(H,6,7). The molecule has 3 saturated heterocycles. The topological polar surface area (TPSA) is 144 Å². The molecular weight excluding hydrogens is 611 g/mol. The first-order valence-corrected chi connectivity index (χ1v) is 14.3. The molecule has 0 bridgehead atoms. The van der Waals surface area contributed by atoms with Crippen molar-refractivity contribution < 1.29 is 32.6 Å². The smallest absolute Gasteiger partial charge is 0.475 e. The monoisotopic (exact) mass is 641 g/mol. The van der Waals surface area contributed by atoms with Crippen molar-refractivity contribution >= 4 is 40.6 Å². The van der Waals surface area contributed by atoms with Gasteiger partial charge in [-0.2, -0.15) is 18.2 Å². The summed E-state index contributed by atoms with van der Waals surface area (Å²) < 4.78 is 41.3. The zero-order valence-electron chi connectivity index (χ0n) is 23.7. The fraction of sp³-hybridized carbons (Fsp3) is 0.519. The lowest BCUT2D eigenvalue weighted by molar-refractivity contribution is -0.192. The zero-order valence-corrected chi connectivity index (χ0v) is 24.5. The molecule has 2 atom stereocenters. The van der Waals surface area contributed by atoms with Gasteiger partial charge >= 0.3 is 17.8 Å². The Bertz CT molecular complexity index is 1680. The number of ether oxygens (including phenoxy) is 1. The number of benzene rings is 1. The van der Waals surface area contributed by atoms with Gasteiger partial charge in [-0.3, -0.25) is 18.7 Å². The van der Waals surface area contributed by atoms with Crippen LogP contribution in [0.2, 0.25) is 5.02 Å². The van der Waals surface area contributed by atoms with E-state index in [0.29, 0.717) is 60.9 Å². The highest BCUT2D eigenvalue weighted by atomic mass is 35.5. The second-order valence-corrected chi connectivity index (χ2v) is 11.2. The number of hydrogen-bond donors (Lipinski definition) is 2. The number of anilines is 1. The minimum Gasteiger partial charge on any atom is -0.475 e. The summed E-state index contributed by atoms with van der Waals surface area (Å²) in [5.74, 6) is -1.87. The third kappa shape index (κ3) is 6.19. The minimum atomic E-state index is -5.08. The number of morpholine rings is 1. The number of rotatable bonds is 5. The first kappa shape index (κ1) is 31.5. The van der Waals surface area contributed by atoms with Gasteiger partial charge in [-0.15, -0.1) is 0 Å². The van der Waals surface area contributed by atoms with Gasteiger partial charge in [-0.1, -0.05) is 29.8 Å². The summed E-state index contributed by atoms with van der Waals surface area (Å²) >= 11 is 6.52. The van der Waals surface area contributed by atoms with Gasteiger partial charge in [0.15, 0.2) is 11.2 Å². The first-order valence-electron chi connectivity index (χ1n) is 13.9. The van der Waals surface area contributed by atoms with Crippen LogP contribution in [-0.4, -0.2) is 98.7 Å². The Hall–Kier alpha value is -3.89. The number of carbonyl (C=O) groups excluding carboxylic acids is 1. The maximum atomic E-state index is 13.9. The Morgan fingerprint density at radius 3 is 2.45 bits per heavy atom. The predicted molar refractivity (Wildman–Crippen MR) is 153 cm³/mol. The molecule has 3 fully saturated rings. The molecule has 0 radical (unpaired) electrons. The fourth-order valence-corrected chi connectivity index (χ4v) is 6.01. The second-order valence-electron chi connectivity index (χ2n) is 10.8. The summed E-state index contributed by atoms with van der Waals surface area (Å²) in [6.45, 7) is 4.38. The van der Waals surface area contributed by atoms with Crippen molar-refractivity contribution in [1.29, 1.82) is 0 Å². The van der Waals surface area contributed by atoms with E-state index in [4.69, 9.17) is 31.2 Å². The van der Waals surface area contributed by atoms with E-state index in [0.717, 1.165) is 36.2 Å². The Morgan fingerprint density at radius 2 is 1.80 bits per heavy atom. The number of nitrogens with one attached hydrogen (secondary N) is 1. The molecule has 1 amide bonds. The van der Waals surface area contributed by atoms with Gasteiger partial charge in [-0.25, -0.2) is 14.2 Å². The molecule has 2 aromatic heterocycles. The highest BCUT2D eigenvalue weighted by Crippen LogP contribution is 2.33. The largest absolute Gasteiger partial charge is 0.490 e. The normalized spacial score (nSPS) is 20.0. The molecule has 0 aliphatic carbocycles. The molecule has 0 spiro atoms. The summed E-state index contributed by atoms with van der Waals surface area (Å²) in [7, 11) is 1.60. The van der Waals surface area contributed by atoms with Crippen LogP contribution in [0.5, 0.6) is 0 Å². The second kappa shape index (κ2) is 12.6. The molecule has 44 heavy (non-hydrogen) atoms. The van der Waals surface area contributed by atoms with Gasteiger partial charge in [0.25, 0.3) is 5.56 Å². The maximum Gasteiger partial charge on any atom is 0.490 e. The molecule has 3 aromatic rings. The van der Waals surface area contributed by atoms with Crippen molar-refractivity contribution in [2.75, 3.05) is 50.8 Å². The van der Waals surface area contributed by atoms with Crippen LogP contribution in [0.1, 0.15) is 12.0 Å². The Kier molecular flexibility index (Phi) is 9.04. The molecule has 238 valence electrons. The molecule has 13 nitrogen and oxygen atoms in total. The van der Waals surface area contributed by atoms with Gasteiger partial charge < -0.3 is 25.0 Å². The number of fused-ring (bicyclic) bond motifs is 2. The summed E-state index contributed by atoms with van der Waals surface area (Å²) in [5.41, 5.74) is 0.359. The Balaban J connectivity index is 0.000000493. The average Bonchev–Trinajstić information content (AvgIpc) is 3.71. The lowest BCUT2D eigenvalue weighted by Crippen LogP contribution is -2.47. The van der Waals surface area contributed by atoms with E-state index >= 15 is 0 Å². The van der Waals surface area contributed by atoms with Gasteiger partial charge in [0.2, 0.25) is 11.9 Å². The van der Waals surface area contributed by atoms with Crippen molar-refractivity contribution in [2.24, 2.45) is 13.0 Å². The third-order valence-corrected chi connectivity index (χ3v) is 8.47. The van der Waals surface area contributed by atoms with Crippen molar-refractivity contribution in [3.8, 4) is 0 Å². The van der Waals surface area contributed by atoms with E-state index in [2.05, 4.69) is 10.2 Å². The van der Waals surface area contributed by atoms with E-state index in [1.807, 2.05) is 28.8 Å². The number of carboxylic acid groups (broad SMARTS) is 1. The molecule has 17 heteroatoms. The maximum absolute atomic E-state index is 13.9. The molecule has 1 aromatic carbocycles. The molecular formula is C27H31ClF3N7O6. The third-order valence-electron chi connectivity index (χ3n) is 8.10. The van der Waals surface area contributed by atoms with E-state index in [9.17, 15) is 27.6 Å². The van der Waals surface area contributed by atoms with Crippen molar-refractivity contribution in [1.82, 2.24) is 28.9 Å². The van der Waals surface area contributed by atoms with Crippen LogP contribution in [0.15, 0.2) is 33.9 Å². The van der Waals surface area contributed by atoms with Crippen LogP contribution < -0.4 is 21.5 Å². The molecule has 2 unspecified atom stereocenters. The van der Waals surface area contributed by atoms with Gasteiger partial charge in [0, 0.05) is 50.8 Å². The number of nitrogens with zero attached hydrogens (tertiary/aromatic N) is 6. The van der Waals surface area contributed by atoms with Crippen LogP contribution in [0.3, 0.4) is 0 Å². The number of aliphatic carboxylic acids is 1. The number of alkyl halides is 3. The molecule has 5 heterocycles. The molecule has 3 aliphatic rings. The van der Waals surface area contributed by atoms with Crippen molar-refractivity contribution in [2.45, 2.75) is 31.7 Å². The van der Waals surface area contributed by atoms with E-state index < -0.39 is 23.4 Å². The van der Waals surface area contributed by atoms with Crippen LogP contribution >= 0.6 is 11.6 Å². The Morgan fingerprint density at radius 1 is 1.11 bits per heavy atom. The summed E-state index contributed by atoms with van der Waals surface area (Å²) in [4.78, 5) is 57.8. The highest BCUT2D eigenvalue weighted by Gasteiger charge is 2.40. The number of hydrogen-bond acceptors (Lipinski definition) is 8. The van der Waals surface area contributed by atoms with Gasteiger partial charge in [-0.05, 0) is 24.0 Å².